The van der Waals surface area contributed by atoms with E-state index in [0.717, 1.165) is 6.42 Å². The summed E-state index contributed by atoms with van der Waals surface area (Å²) in [6, 6.07) is 10.5. The number of phenolic OH excluding ortho intramolecular Hbond substituents is 1. The average molecular weight is 448 g/mol. The first kappa shape index (κ1) is 22.7. The number of carbonyl (C=O) groups excluding carboxylic acids is 1. The number of rotatable bonds is 8. The zero-order chi connectivity index (χ0) is 22.3. The minimum atomic E-state index is -3.71. The number of hydrogen-bond acceptors (Lipinski definition) is 7. The molecular formula is C21H25N3O6S. The largest absolute Gasteiger partial charge is 0.507 e. The summed E-state index contributed by atoms with van der Waals surface area (Å²) in [4.78, 5) is 12.4. The van der Waals surface area contributed by atoms with Crippen LogP contribution in [-0.2, 0) is 14.8 Å². The second kappa shape index (κ2) is 10.4. The number of nitrogens with one attached hydrogen (secondary N) is 1. The monoisotopic (exact) mass is 447 g/mol. The van der Waals surface area contributed by atoms with E-state index in [0.29, 0.717) is 31.1 Å². The normalized spacial score (nSPS) is 15.1. The molecule has 0 unspecified atom stereocenters. The Bertz CT molecular complexity index is 1050. The van der Waals surface area contributed by atoms with Crippen molar-refractivity contribution in [3.63, 3.8) is 0 Å². The summed E-state index contributed by atoms with van der Waals surface area (Å²) in [7, 11) is -3.71. The number of ether oxygens (including phenoxy) is 2. The van der Waals surface area contributed by atoms with Crippen LogP contribution in [0.15, 0.2) is 52.5 Å². The van der Waals surface area contributed by atoms with E-state index >= 15 is 0 Å². The molecule has 0 atom stereocenters. The number of carbonyl (C=O) groups is 1. The Morgan fingerprint density at radius 1 is 1.26 bits per heavy atom. The van der Waals surface area contributed by atoms with E-state index in [1.54, 1.807) is 12.1 Å². The molecule has 1 aliphatic heterocycles. The molecule has 0 saturated carbocycles. The van der Waals surface area contributed by atoms with Crippen molar-refractivity contribution in [1.29, 1.82) is 0 Å². The number of amides is 1. The third kappa shape index (κ3) is 5.81. The lowest BCUT2D eigenvalue weighted by Crippen LogP contribution is -2.40. The molecule has 0 radical (unpaired) electrons. The zero-order valence-electron chi connectivity index (χ0n) is 17.2. The third-order valence-electron chi connectivity index (χ3n) is 4.55. The van der Waals surface area contributed by atoms with Crippen LogP contribution in [0.3, 0.4) is 0 Å². The molecule has 0 aromatic heterocycles. The van der Waals surface area contributed by atoms with Crippen molar-refractivity contribution < 1.29 is 27.8 Å². The molecule has 0 aliphatic carbocycles. The molecule has 0 spiro atoms. The molecule has 10 heteroatoms. The van der Waals surface area contributed by atoms with Gasteiger partial charge in [0.05, 0.1) is 30.9 Å². The van der Waals surface area contributed by atoms with Crippen LogP contribution < -0.4 is 10.2 Å². The number of phenols is 1. The maximum Gasteiger partial charge on any atom is 0.271 e. The molecule has 1 heterocycles. The maximum absolute atomic E-state index is 12.8. The Morgan fingerprint density at radius 3 is 2.74 bits per heavy atom. The molecule has 3 rings (SSSR count). The summed E-state index contributed by atoms with van der Waals surface area (Å²) < 4.78 is 37.5. The Hall–Kier alpha value is -2.95. The van der Waals surface area contributed by atoms with E-state index in [4.69, 9.17) is 9.47 Å². The number of nitrogens with zero attached hydrogens (tertiary/aromatic N) is 2. The minimum Gasteiger partial charge on any atom is -0.507 e. The second-order valence-electron chi connectivity index (χ2n) is 6.81. The van der Waals surface area contributed by atoms with E-state index in [1.807, 2.05) is 6.92 Å². The van der Waals surface area contributed by atoms with Crippen LogP contribution in [0.25, 0.3) is 0 Å². The van der Waals surface area contributed by atoms with E-state index in [9.17, 15) is 18.3 Å². The number of hydrazone groups is 1. The van der Waals surface area contributed by atoms with E-state index in [-0.39, 0.29) is 29.3 Å². The third-order valence-corrected chi connectivity index (χ3v) is 6.44. The molecule has 2 aromatic carbocycles. The number of aromatic hydroxyl groups is 1. The van der Waals surface area contributed by atoms with Gasteiger partial charge in [0.1, 0.15) is 11.5 Å². The van der Waals surface area contributed by atoms with Gasteiger partial charge < -0.3 is 14.6 Å². The van der Waals surface area contributed by atoms with Gasteiger partial charge in [-0.3, -0.25) is 4.79 Å². The van der Waals surface area contributed by atoms with E-state index in [2.05, 4.69) is 10.5 Å². The SMILES string of the molecule is CCCOc1ccc(/C=N/NC(=O)c2cccc(S(=O)(=O)N3CCOCC3)c2)c(O)c1. The van der Waals surface area contributed by atoms with Gasteiger partial charge in [-0.1, -0.05) is 13.0 Å². The molecule has 1 fully saturated rings. The summed E-state index contributed by atoms with van der Waals surface area (Å²) in [6.07, 6.45) is 2.15. The number of morpholine rings is 1. The summed E-state index contributed by atoms with van der Waals surface area (Å²) in [5.74, 6) is -0.0679. The van der Waals surface area contributed by atoms with Crippen molar-refractivity contribution in [2.75, 3.05) is 32.9 Å². The first-order valence-electron chi connectivity index (χ1n) is 9.89. The highest BCUT2D eigenvalue weighted by atomic mass is 32.2. The number of sulfonamides is 1. The molecule has 1 aliphatic rings. The van der Waals surface area contributed by atoms with Crippen LogP contribution in [0.5, 0.6) is 11.5 Å². The Labute approximate surface area is 181 Å². The van der Waals surface area contributed by atoms with Crippen molar-refractivity contribution in [1.82, 2.24) is 9.73 Å². The van der Waals surface area contributed by atoms with Crippen LogP contribution in [-0.4, -0.2) is 62.9 Å². The van der Waals surface area contributed by atoms with Gasteiger partial charge in [-0.25, -0.2) is 13.8 Å². The first-order chi connectivity index (χ1) is 14.9. The lowest BCUT2D eigenvalue weighted by atomic mass is 10.2. The van der Waals surface area contributed by atoms with Crippen LogP contribution in [0.4, 0.5) is 0 Å². The van der Waals surface area contributed by atoms with Crippen LogP contribution in [0.1, 0.15) is 29.3 Å². The fourth-order valence-electron chi connectivity index (χ4n) is 2.90. The maximum atomic E-state index is 12.8. The van der Waals surface area contributed by atoms with Crippen molar-refractivity contribution in [2.24, 2.45) is 5.10 Å². The number of hydrogen-bond donors (Lipinski definition) is 2. The van der Waals surface area contributed by atoms with E-state index < -0.39 is 15.9 Å². The zero-order valence-corrected chi connectivity index (χ0v) is 18.0. The topological polar surface area (TPSA) is 118 Å². The molecule has 1 saturated heterocycles. The predicted molar refractivity (Wildman–Crippen MR) is 115 cm³/mol. The standard InChI is InChI=1S/C21H25N3O6S/c1-2-10-30-18-7-6-17(20(25)14-18)15-22-23-21(26)16-4-3-5-19(13-16)31(27,28)24-8-11-29-12-9-24/h3-7,13-15,25H,2,8-12H2,1H3,(H,23,26)/b22-15+. The molecule has 2 aromatic rings. The molecular weight excluding hydrogens is 422 g/mol. The smallest absolute Gasteiger partial charge is 0.271 e. The molecule has 9 nitrogen and oxygen atoms in total. The molecule has 2 N–H and O–H groups in total. The minimum absolute atomic E-state index is 0.0337. The molecule has 31 heavy (non-hydrogen) atoms. The van der Waals surface area contributed by atoms with Gasteiger partial charge in [-0.15, -0.1) is 0 Å². The molecule has 1 amide bonds. The fraction of sp³-hybridized carbons (Fsp3) is 0.333. The van der Waals surface area contributed by atoms with Crippen molar-refractivity contribution in [3.8, 4) is 11.5 Å². The van der Waals surface area contributed by atoms with Gasteiger partial charge in [0.2, 0.25) is 10.0 Å². The van der Waals surface area contributed by atoms with Crippen molar-refractivity contribution in [3.05, 3.63) is 53.6 Å². The Morgan fingerprint density at radius 2 is 2.03 bits per heavy atom. The average Bonchev–Trinajstić information content (AvgIpc) is 2.79. The van der Waals surface area contributed by atoms with E-state index in [1.165, 1.54) is 40.9 Å². The van der Waals surface area contributed by atoms with Crippen LogP contribution in [0, 0.1) is 0 Å². The van der Waals surface area contributed by atoms with Crippen LogP contribution in [0.2, 0.25) is 0 Å². The lowest BCUT2D eigenvalue weighted by Gasteiger charge is -2.26. The fourth-order valence-corrected chi connectivity index (χ4v) is 4.36. The van der Waals surface area contributed by atoms with Gasteiger partial charge in [-0.2, -0.15) is 9.41 Å². The summed E-state index contributed by atoms with van der Waals surface area (Å²) in [5.41, 5.74) is 2.89. The summed E-state index contributed by atoms with van der Waals surface area (Å²) in [6.45, 7) is 3.75. The summed E-state index contributed by atoms with van der Waals surface area (Å²) in [5, 5.41) is 13.9. The van der Waals surface area contributed by atoms with Crippen molar-refractivity contribution in [2.45, 2.75) is 18.2 Å². The quantitative estimate of drug-likeness (QED) is 0.472. The highest BCUT2D eigenvalue weighted by Crippen LogP contribution is 2.22. The van der Waals surface area contributed by atoms with Crippen molar-refractivity contribution >= 4 is 22.1 Å². The first-order valence-corrected chi connectivity index (χ1v) is 11.3. The highest BCUT2D eigenvalue weighted by Gasteiger charge is 2.26. The second-order valence-corrected chi connectivity index (χ2v) is 8.75. The highest BCUT2D eigenvalue weighted by molar-refractivity contribution is 7.89. The predicted octanol–water partition coefficient (Wildman–Crippen LogP) is 1.97. The van der Waals surface area contributed by atoms with Crippen LogP contribution >= 0.6 is 0 Å². The Kier molecular flexibility index (Phi) is 7.61. The molecule has 0 bridgehead atoms. The molecule has 166 valence electrons. The van der Waals surface area contributed by atoms with Gasteiger partial charge in [0.15, 0.2) is 0 Å². The van der Waals surface area contributed by atoms with Gasteiger partial charge >= 0.3 is 0 Å². The summed E-state index contributed by atoms with van der Waals surface area (Å²) >= 11 is 0. The van der Waals surface area contributed by atoms with Gasteiger partial charge in [-0.05, 0) is 36.8 Å². The lowest BCUT2D eigenvalue weighted by molar-refractivity contribution is 0.0730. The number of benzene rings is 2. The van der Waals surface area contributed by atoms with Gasteiger partial charge in [0, 0.05) is 30.3 Å². The Balaban J connectivity index is 1.66. The van der Waals surface area contributed by atoms with Gasteiger partial charge in [0.25, 0.3) is 5.91 Å².